The van der Waals surface area contributed by atoms with Crippen LogP contribution >= 0.6 is 7.75 Å². The Bertz CT molecular complexity index is 1570. The summed E-state index contributed by atoms with van der Waals surface area (Å²) in [4.78, 5) is 40.6. The minimum absolute atomic E-state index is 0.151. The minimum Gasteiger partial charge on any atom is -0.462 e. The number of esters is 1. The first kappa shape index (κ1) is 29.6. The number of H-pyrrole nitrogens is 2. The summed E-state index contributed by atoms with van der Waals surface area (Å²) in [6, 6.07) is 5.18. The van der Waals surface area contributed by atoms with Gasteiger partial charge in [-0.3, -0.25) is 23.7 Å². The number of nitrogens with one attached hydrogen (secondary N) is 3. The molecule has 0 radical (unpaired) electrons. The number of aromatic nitrogens is 3. The van der Waals surface area contributed by atoms with Gasteiger partial charge in [0.25, 0.3) is 5.56 Å². The molecule has 0 amide bonds. The normalized spacial score (nSPS) is 24.4. The first-order valence-electron chi connectivity index (χ1n) is 12.2. The van der Waals surface area contributed by atoms with E-state index in [-0.39, 0.29) is 5.39 Å². The van der Waals surface area contributed by atoms with Crippen LogP contribution in [0, 0.1) is 12.7 Å². The molecule has 16 heteroatoms. The molecule has 1 aromatic carbocycles. The van der Waals surface area contributed by atoms with Gasteiger partial charge < -0.3 is 24.1 Å². The molecule has 5 atom stereocenters. The molecule has 4 rings (SSSR count). The second-order valence-electron chi connectivity index (χ2n) is 9.69. The van der Waals surface area contributed by atoms with Gasteiger partial charge in [-0.25, -0.2) is 23.2 Å². The fourth-order valence-corrected chi connectivity index (χ4v) is 5.47. The number of carbonyl (C=O) groups excluding carboxylic acids is 1. The Hall–Kier alpha value is -3.36. The number of nitrogens with zero attached hydrogens (tertiary/aromatic N) is 1. The lowest BCUT2D eigenvalue weighted by atomic mass is 9.98. The fraction of sp³-hybridized carbons (Fsp3) is 0.458. The average Bonchev–Trinajstić information content (AvgIpc) is 3.35. The number of alkyl halides is 1. The summed E-state index contributed by atoms with van der Waals surface area (Å²) in [6.07, 6.45) is -4.57. The van der Waals surface area contributed by atoms with Crippen LogP contribution in [0.15, 0.2) is 40.1 Å². The third-order valence-electron chi connectivity index (χ3n) is 6.07. The van der Waals surface area contributed by atoms with Crippen molar-refractivity contribution in [1.82, 2.24) is 19.6 Å². The van der Waals surface area contributed by atoms with Gasteiger partial charge in [-0.15, -0.1) is 0 Å². The van der Waals surface area contributed by atoms with Gasteiger partial charge in [0.05, 0.1) is 12.7 Å². The van der Waals surface area contributed by atoms with Gasteiger partial charge in [-0.05, 0) is 45.9 Å². The number of ether oxygens (including phenoxy) is 2. The Balaban J connectivity index is 1.57. The summed E-state index contributed by atoms with van der Waals surface area (Å²) in [5, 5.41) is 13.0. The van der Waals surface area contributed by atoms with Crippen LogP contribution in [0.3, 0.4) is 0 Å². The van der Waals surface area contributed by atoms with Crippen molar-refractivity contribution in [3.8, 4) is 5.75 Å². The monoisotopic (exact) mass is 586 g/mol. The van der Waals surface area contributed by atoms with Crippen LogP contribution in [-0.4, -0.2) is 62.7 Å². The van der Waals surface area contributed by atoms with Gasteiger partial charge in [0.1, 0.15) is 18.8 Å². The Morgan fingerprint density at radius 3 is 2.70 bits per heavy atom. The van der Waals surface area contributed by atoms with E-state index in [9.17, 15) is 24.1 Å². The maximum absolute atomic E-state index is 15.5. The maximum Gasteiger partial charge on any atom is 0.459 e. The van der Waals surface area contributed by atoms with Crippen molar-refractivity contribution in [2.45, 2.75) is 57.9 Å². The van der Waals surface area contributed by atoms with E-state index < -0.39 is 79.9 Å². The number of fused-ring (bicyclic) bond motifs is 1. The van der Waals surface area contributed by atoms with Crippen LogP contribution in [0.25, 0.3) is 10.9 Å². The number of aliphatic hydroxyl groups is 1. The van der Waals surface area contributed by atoms with E-state index in [1.54, 1.807) is 20.8 Å². The molecule has 3 heterocycles. The zero-order valence-corrected chi connectivity index (χ0v) is 22.9. The van der Waals surface area contributed by atoms with E-state index in [0.29, 0.717) is 11.2 Å². The van der Waals surface area contributed by atoms with E-state index in [2.05, 4.69) is 10.1 Å². The number of benzene rings is 1. The molecule has 4 N–H and O–H groups in total. The molecular formula is C24H29F2N4O9P. The fourth-order valence-electron chi connectivity index (χ4n) is 4.19. The minimum atomic E-state index is -4.60. The second kappa shape index (κ2) is 11.3. The Labute approximate surface area is 226 Å². The number of hydrogen-bond acceptors (Lipinski definition) is 9. The summed E-state index contributed by atoms with van der Waals surface area (Å²) in [6.45, 7) is 4.46. The summed E-state index contributed by atoms with van der Waals surface area (Å²) in [7, 11) is -4.60. The molecule has 218 valence electrons. The van der Waals surface area contributed by atoms with E-state index in [1.165, 1.54) is 18.2 Å². The molecule has 1 saturated heterocycles. The quantitative estimate of drug-likeness (QED) is 0.204. The molecule has 0 bridgehead atoms. The predicted molar refractivity (Wildman–Crippen MR) is 137 cm³/mol. The SMILES string of the molecule is Cc1cc2c(F)c(OP(=O)(NCC(=O)OC(C)C)OCC3OC(n4ccc(=O)[nH]c4=O)C(C)(F)C3O)ccc2[nH]1. The topological polar surface area (TPSA) is 174 Å². The first-order chi connectivity index (χ1) is 18.7. The highest BCUT2D eigenvalue weighted by molar-refractivity contribution is 7.52. The number of aromatic amines is 2. The van der Waals surface area contributed by atoms with Crippen molar-refractivity contribution in [1.29, 1.82) is 0 Å². The highest BCUT2D eigenvalue weighted by Gasteiger charge is 2.55. The molecule has 3 aromatic rings. The molecule has 40 heavy (non-hydrogen) atoms. The van der Waals surface area contributed by atoms with Crippen LogP contribution in [0.5, 0.6) is 5.75 Å². The standard InChI is InChI=1S/C24H29F2N4O9P/c1-12(2)37-19(32)10-27-40(35,39-16-6-5-15-14(20(16)25)9-13(3)28-15)36-11-17-21(33)24(4,26)22(38-17)30-8-7-18(31)29-23(30)34/h5-9,12,17,21-22,28,33H,10-11H2,1-4H3,(H,27,35)(H,29,31,34). The highest BCUT2D eigenvalue weighted by Crippen LogP contribution is 2.48. The maximum atomic E-state index is 15.5. The van der Waals surface area contributed by atoms with Crippen LogP contribution in [0.2, 0.25) is 0 Å². The molecule has 0 aliphatic carbocycles. The molecule has 13 nitrogen and oxygen atoms in total. The molecule has 0 spiro atoms. The summed E-state index contributed by atoms with van der Waals surface area (Å²) < 4.78 is 66.4. The summed E-state index contributed by atoms with van der Waals surface area (Å²) in [5.41, 5.74) is -3.14. The largest absolute Gasteiger partial charge is 0.462 e. The second-order valence-corrected chi connectivity index (χ2v) is 11.4. The van der Waals surface area contributed by atoms with Crippen LogP contribution in [-0.2, 0) is 23.4 Å². The first-order valence-corrected chi connectivity index (χ1v) is 13.7. The zero-order chi connectivity index (χ0) is 29.4. The number of aryl methyl sites for hydroxylation is 1. The van der Waals surface area contributed by atoms with Gasteiger partial charge in [0.15, 0.2) is 23.5 Å². The Morgan fingerprint density at radius 2 is 2.02 bits per heavy atom. The number of aliphatic hydroxyl groups excluding tert-OH is 1. The van der Waals surface area contributed by atoms with E-state index in [4.69, 9.17) is 18.5 Å². The van der Waals surface area contributed by atoms with E-state index in [1.807, 2.05) is 4.98 Å². The van der Waals surface area contributed by atoms with Crippen molar-refractivity contribution in [2.75, 3.05) is 13.2 Å². The van der Waals surface area contributed by atoms with E-state index in [0.717, 1.165) is 23.8 Å². The number of rotatable bonds is 10. The third kappa shape index (κ3) is 6.18. The lowest BCUT2D eigenvalue weighted by Crippen LogP contribution is -2.43. The van der Waals surface area contributed by atoms with Crippen molar-refractivity contribution >= 4 is 24.6 Å². The van der Waals surface area contributed by atoms with Crippen LogP contribution in [0.1, 0.15) is 32.7 Å². The van der Waals surface area contributed by atoms with Crippen molar-refractivity contribution in [3.63, 3.8) is 0 Å². The lowest BCUT2D eigenvalue weighted by Gasteiger charge is -2.24. The van der Waals surface area contributed by atoms with Crippen molar-refractivity contribution in [2.24, 2.45) is 0 Å². The summed E-state index contributed by atoms with van der Waals surface area (Å²) in [5.74, 6) is -2.14. The lowest BCUT2D eigenvalue weighted by molar-refractivity contribution is -0.146. The van der Waals surface area contributed by atoms with Crippen molar-refractivity contribution in [3.05, 3.63) is 62.8 Å². The molecule has 1 aliphatic rings. The molecule has 1 fully saturated rings. The van der Waals surface area contributed by atoms with Gasteiger partial charge in [-0.2, -0.15) is 0 Å². The average molecular weight is 586 g/mol. The molecule has 1 aliphatic heterocycles. The van der Waals surface area contributed by atoms with Gasteiger partial charge in [0, 0.05) is 28.9 Å². The molecule has 0 saturated carbocycles. The Kier molecular flexibility index (Phi) is 8.33. The van der Waals surface area contributed by atoms with Crippen LogP contribution in [0.4, 0.5) is 8.78 Å². The van der Waals surface area contributed by atoms with Gasteiger partial charge in [-0.1, -0.05) is 0 Å². The smallest absolute Gasteiger partial charge is 0.459 e. The molecule has 5 unspecified atom stereocenters. The number of halogens is 2. The van der Waals surface area contributed by atoms with E-state index >= 15 is 8.78 Å². The van der Waals surface area contributed by atoms with Crippen LogP contribution < -0.4 is 20.9 Å². The molecule has 2 aromatic heterocycles. The number of hydrogen-bond donors (Lipinski definition) is 4. The molecular weight excluding hydrogens is 557 g/mol. The van der Waals surface area contributed by atoms with Gasteiger partial charge >= 0.3 is 19.4 Å². The summed E-state index contributed by atoms with van der Waals surface area (Å²) >= 11 is 0. The zero-order valence-electron chi connectivity index (χ0n) is 22.0. The van der Waals surface area contributed by atoms with Gasteiger partial charge in [0.2, 0.25) is 0 Å². The Morgan fingerprint density at radius 1 is 1.30 bits per heavy atom. The predicted octanol–water partition coefficient (Wildman–Crippen LogP) is 2.20. The third-order valence-corrected chi connectivity index (χ3v) is 7.54. The number of carbonyl (C=O) groups is 1. The van der Waals surface area contributed by atoms with Crippen molar-refractivity contribution < 1.29 is 41.8 Å². The highest BCUT2D eigenvalue weighted by atomic mass is 31.2.